The number of unbranched alkanes of at least 4 members (excludes halogenated alkanes) is 2. The highest BCUT2D eigenvalue weighted by Gasteiger charge is 2.14. The van der Waals surface area contributed by atoms with Crippen molar-refractivity contribution < 1.29 is 19.1 Å². The van der Waals surface area contributed by atoms with Crippen molar-refractivity contribution >= 4 is 11.9 Å². The molecule has 0 aromatic rings. The molecule has 0 aliphatic heterocycles. The second kappa shape index (κ2) is 11.5. The van der Waals surface area contributed by atoms with Crippen LogP contribution in [0.5, 0.6) is 0 Å². The van der Waals surface area contributed by atoms with Crippen LogP contribution in [-0.2, 0) is 19.1 Å². The van der Waals surface area contributed by atoms with Gasteiger partial charge in [-0.1, -0.05) is 39.7 Å². The summed E-state index contributed by atoms with van der Waals surface area (Å²) in [6.07, 6.45) is 6.01. The number of ether oxygens (including phenoxy) is 2. The maximum atomic E-state index is 11.6. The van der Waals surface area contributed by atoms with E-state index in [2.05, 4.69) is 0 Å². The Morgan fingerprint density at radius 3 is 2.15 bits per heavy atom. The summed E-state index contributed by atoms with van der Waals surface area (Å²) in [4.78, 5) is 23.2. The van der Waals surface area contributed by atoms with E-state index in [0.29, 0.717) is 25.2 Å². The van der Waals surface area contributed by atoms with Crippen molar-refractivity contribution in [2.24, 2.45) is 5.92 Å². The van der Waals surface area contributed by atoms with E-state index in [1.165, 1.54) is 0 Å². The predicted octanol–water partition coefficient (Wildman–Crippen LogP) is 3.65. The highest BCUT2D eigenvalue weighted by molar-refractivity contribution is 5.87. The molecule has 0 radical (unpaired) electrons. The van der Waals surface area contributed by atoms with Gasteiger partial charge in [-0.15, -0.1) is 0 Å². The van der Waals surface area contributed by atoms with Gasteiger partial charge in [0.25, 0.3) is 0 Å². The standard InChI is InChI=1S/C16H28O4/c1-5-7-11-19-15(17)13(3)9-10-14(4)16(18)20-12-8-6-2/h9,14H,5-8,10-12H2,1-4H3. The lowest BCUT2D eigenvalue weighted by Gasteiger charge is -2.10. The molecule has 0 aromatic heterocycles. The molecule has 0 aliphatic carbocycles. The lowest BCUT2D eigenvalue weighted by Crippen LogP contribution is -2.15. The summed E-state index contributed by atoms with van der Waals surface area (Å²) < 4.78 is 10.2. The largest absolute Gasteiger partial charge is 0.465 e. The molecule has 0 spiro atoms. The first kappa shape index (κ1) is 18.7. The molecule has 0 heterocycles. The Kier molecular flexibility index (Phi) is 10.7. The molecule has 0 bridgehead atoms. The molecule has 0 aliphatic rings. The Balaban J connectivity index is 4.05. The molecule has 20 heavy (non-hydrogen) atoms. The molecule has 4 nitrogen and oxygen atoms in total. The summed E-state index contributed by atoms with van der Waals surface area (Å²) in [5, 5.41) is 0. The first-order chi connectivity index (χ1) is 9.52. The lowest BCUT2D eigenvalue weighted by molar-refractivity contribution is -0.148. The van der Waals surface area contributed by atoms with E-state index in [-0.39, 0.29) is 17.9 Å². The van der Waals surface area contributed by atoms with Crippen LogP contribution < -0.4 is 0 Å². The highest BCUT2D eigenvalue weighted by Crippen LogP contribution is 2.09. The SMILES string of the molecule is CCCCOC(=O)C(C)=CCC(C)C(=O)OCCCC. The summed E-state index contributed by atoms with van der Waals surface area (Å²) in [6.45, 7) is 8.54. The van der Waals surface area contributed by atoms with E-state index in [0.717, 1.165) is 25.7 Å². The first-order valence-electron chi connectivity index (χ1n) is 7.53. The van der Waals surface area contributed by atoms with Crippen LogP contribution in [0.25, 0.3) is 0 Å². The van der Waals surface area contributed by atoms with Crippen LogP contribution in [0.3, 0.4) is 0 Å². The number of carbonyl (C=O) groups excluding carboxylic acids is 2. The van der Waals surface area contributed by atoms with Crippen molar-refractivity contribution in [3.8, 4) is 0 Å². The van der Waals surface area contributed by atoms with Gasteiger partial charge in [0.1, 0.15) is 0 Å². The van der Waals surface area contributed by atoms with Gasteiger partial charge < -0.3 is 9.47 Å². The summed E-state index contributed by atoms with van der Waals surface area (Å²) >= 11 is 0. The molecular formula is C16H28O4. The van der Waals surface area contributed by atoms with Gasteiger partial charge in [-0.2, -0.15) is 0 Å². The highest BCUT2D eigenvalue weighted by atomic mass is 16.5. The average molecular weight is 284 g/mol. The quantitative estimate of drug-likeness (QED) is 0.349. The fourth-order valence-corrected chi connectivity index (χ4v) is 1.42. The number of rotatable bonds is 10. The maximum Gasteiger partial charge on any atom is 0.333 e. The molecular weight excluding hydrogens is 256 g/mol. The summed E-state index contributed by atoms with van der Waals surface area (Å²) in [5.74, 6) is -0.739. The monoisotopic (exact) mass is 284 g/mol. The number of allylic oxidation sites excluding steroid dienone is 1. The second-order valence-corrected chi connectivity index (χ2v) is 5.03. The van der Waals surface area contributed by atoms with Crippen LogP contribution in [0.1, 0.15) is 59.8 Å². The number of esters is 2. The third-order valence-corrected chi connectivity index (χ3v) is 2.98. The van der Waals surface area contributed by atoms with Gasteiger partial charge in [-0.05, 0) is 26.2 Å². The van der Waals surface area contributed by atoms with E-state index in [9.17, 15) is 9.59 Å². The van der Waals surface area contributed by atoms with Crippen molar-refractivity contribution in [3.63, 3.8) is 0 Å². The Bertz CT molecular complexity index is 320. The maximum absolute atomic E-state index is 11.6. The first-order valence-corrected chi connectivity index (χ1v) is 7.53. The zero-order valence-electron chi connectivity index (χ0n) is 13.2. The minimum Gasteiger partial charge on any atom is -0.465 e. The zero-order chi connectivity index (χ0) is 15.4. The second-order valence-electron chi connectivity index (χ2n) is 5.03. The third kappa shape index (κ3) is 8.73. The van der Waals surface area contributed by atoms with E-state index >= 15 is 0 Å². The van der Waals surface area contributed by atoms with E-state index < -0.39 is 0 Å². The Morgan fingerprint density at radius 2 is 1.60 bits per heavy atom. The summed E-state index contributed by atoms with van der Waals surface area (Å²) in [6, 6.07) is 0. The lowest BCUT2D eigenvalue weighted by atomic mass is 10.1. The molecule has 0 saturated heterocycles. The molecule has 0 saturated carbocycles. The van der Waals surface area contributed by atoms with Gasteiger partial charge in [0.05, 0.1) is 19.1 Å². The van der Waals surface area contributed by atoms with Crippen LogP contribution in [0.15, 0.2) is 11.6 Å². The van der Waals surface area contributed by atoms with Crippen LogP contribution in [0, 0.1) is 5.92 Å². The minimum atomic E-state index is -0.301. The molecule has 0 aromatic carbocycles. The molecule has 0 rings (SSSR count). The number of hydrogen-bond donors (Lipinski definition) is 0. The molecule has 0 N–H and O–H groups in total. The van der Waals surface area contributed by atoms with Crippen LogP contribution in [-0.4, -0.2) is 25.2 Å². The van der Waals surface area contributed by atoms with Gasteiger partial charge in [-0.25, -0.2) is 4.79 Å². The number of carbonyl (C=O) groups is 2. The van der Waals surface area contributed by atoms with Crippen molar-refractivity contribution in [1.82, 2.24) is 0 Å². The van der Waals surface area contributed by atoms with Crippen LogP contribution >= 0.6 is 0 Å². The van der Waals surface area contributed by atoms with Crippen molar-refractivity contribution in [2.45, 2.75) is 59.8 Å². The van der Waals surface area contributed by atoms with E-state index in [1.807, 2.05) is 13.8 Å². The minimum absolute atomic E-state index is 0.207. The Labute approximate surface area is 122 Å². The van der Waals surface area contributed by atoms with Gasteiger partial charge in [0.2, 0.25) is 0 Å². The fourth-order valence-electron chi connectivity index (χ4n) is 1.42. The molecule has 116 valence electrons. The number of hydrogen-bond acceptors (Lipinski definition) is 4. The van der Waals surface area contributed by atoms with Crippen molar-refractivity contribution in [1.29, 1.82) is 0 Å². The Morgan fingerprint density at radius 1 is 1.05 bits per heavy atom. The summed E-state index contributed by atoms with van der Waals surface area (Å²) in [5.41, 5.74) is 0.550. The van der Waals surface area contributed by atoms with Gasteiger partial charge >= 0.3 is 11.9 Å². The van der Waals surface area contributed by atoms with E-state index in [4.69, 9.17) is 9.47 Å². The van der Waals surface area contributed by atoms with Crippen molar-refractivity contribution in [2.75, 3.05) is 13.2 Å². The normalized spacial score (nSPS) is 12.9. The predicted molar refractivity (Wildman–Crippen MR) is 79.3 cm³/mol. The summed E-state index contributed by atoms with van der Waals surface area (Å²) in [7, 11) is 0. The van der Waals surface area contributed by atoms with E-state index in [1.54, 1.807) is 19.9 Å². The fraction of sp³-hybridized carbons (Fsp3) is 0.750. The van der Waals surface area contributed by atoms with Gasteiger partial charge in [0, 0.05) is 5.57 Å². The zero-order valence-corrected chi connectivity index (χ0v) is 13.2. The molecule has 1 atom stereocenters. The van der Waals surface area contributed by atoms with Gasteiger partial charge in [0.15, 0.2) is 0 Å². The smallest absolute Gasteiger partial charge is 0.333 e. The van der Waals surface area contributed by atoms with Crippen LogP contribution in [0.4, 0.5) is 0 Å². The third-order valence-electron chi connectivity index (χ3n) is 2.98. The molecule has 0 amide bonds. The molecule has 1 unspecified atom stereocenters. The van der Waals surface area contributed by atoms with Crippen molar-refractivity contribution in [3.05, 3.63) is 11.6 Å². The average Bonchev–Trinajstić information content (AvgIpc) is 2.44. The Hall–Kier alpha value is -1.32. The molecule has 4 heteroatoms. The van der Waals surface area contributed by atoms with Gasteiger partial charge in [-0.3, -0.25) is 4.79 Å². The topological polar surface area (TPSA) is 52.6 Å². The molecule has 0 fully saturated rings. The van der Waals surface area contributed by atoms with Crippen LogP contribution in [0.2, 0.25) is 0 Å².